The fourth-order valence-corrected chi connectivity index (χ4v) is 8.19. The highest BCUT2D eigenvalue weighted by Gasteiger charge is 2.24. The average molecular weight is 847 g/mol. The summed E-state index contributed by atoms with van der Waals surface area (Å²) >= 11 is 2.43. The predicted octanol–water partition coefficient (Wildman–Crippen LogP) is 9.94. The molecule has 2 N–H and O–H groups in total. The molecule has 2 aliphatic heterocycles. The molecule has 2 saturated heterocycles. The molecule has 59 heavy (non-hydrogen) atoms. The molecule has 0 bridgehead atoms. The highest BCUT2D eigenvalue weighted by atomic mass is 32.1. The molecule has 2 fully saturated rings. The van der Waals surface area contributed by atoms with Crippen LogP contribution in [0.15, 0.2) is 55.1 Å². The molecule has 0 radical (unpaired) electrons. The lowest BCUT2D eigenvalue weighted by Crippen LogP contribution is -2.39. The Morgan fingerprint density at radius 3 is 1.75 bits per heavy atom. The monoisotopic (exact) mass is 846 g/mol. The van der Waals surface area contributed by atoms with E-state index in [0.717, 1.165) is 16.7 Å². The second kappa shape index (κ2) is 18.8. The summed E-state index contributed by atoms with van der Waals surface area (Å²) in [5, 5.41) is 20.8. The van der Waals surface area contributed by atoms with Crippen molar-refractivity contribution in [3.8, 4) is 12.1 Å². The van der Waals surface area contributed by atoms with Crippen LogP contribution in [0.2, 0.25) is 2.82 Å². The molecule has 2 unspecified atom stereocenters. The van der Waals surface area contributed by atoms with Gasteiger partial charge in [-0.05, 0) is 73.3 Å². The fraction of sp³-hybridized carbons (Fsp3) is 0.409. The molecule has 10 nitrogen and oxygen atoms in total. The minimum atomic E-state index is -1.43. The van der Waals surface area contributed by atoms with Crippen LogP contribution >= 0.6 is 22.7 Å². The fourth-order valence-electron chi connectivity index (χ4n) is 6.40. The first kappa shape index (κ1) is 30.8. The van der Waals surface area contributed by atoms with E-state index in [1.54, 1.807) is 44.7 Å². The maximum absolute atomic E-state index is 14.3. The van der Waals surface area contributed by atoms with Gasteiger partial charge in [-0.15, -0.1) is 22.7 Å². The smallest absolute Gasteiger partial charge is 0.162 e. The van der Waals surface area contributed by atoms with E-state index in [1.807, 2.05) is 4.90 Å². The first-order valence-corrected chi connectivity index (χ1v) is 20.5. The Balaban J connectivity index is 0.000000204. The predicted molar refractivity (Wildman–Crippen MR) is 229 cm³/mol. The number of hydrogen-bond donors (Lipinski definition) is 2. The van der Waals surface area contributed by atoms with E-state index in [-0.39, 0.29) is 79.2 Å². The van der Waals surface area contributed by atoms with Crippen LogP contribution in [0.5, 0.6) is 0 Å². The summed E-state index contributed by atoms with van der Waals surface area (Å²) in [6.07, 6.45) is 3.34. The van der Waals surface area contributed by atoms with E-state index in [4.69, 9.17) is 24.3 Å². The van der Waals surface area contributed by atoms with Crippen LogP contribution < -0.4 is 10.6 Å². The van der Waals surface area contributed by atoms with E-state index in [9.17, 15) is 13.2 Å². The van der Waals surface area contributed by atoms with Crippen LogP contribution in [-0.2, 0) is 13.0 Å². The second-order valence-electron chi connectivity index (χ2n) is 14.4. The first-order chi connectivity index (χ1) is 32.3. The zero-order chi connectivity index (χ0) is 50.5. The molecule has 15 heteroatoms. The third-order valence-electron chi connectivity index (χ3n) is 9.62. The number of rotatable bonds is 10. The summed E-state index contributed by atoms with van der Waals surface area (Å²) in [5.74, 6) is -4.26. The minimum absolute atomic E-state index is 0.0743. The van der Waals surface area contributed by atoms with Crippen molar-refractivity contribution >= 4 is 54.7 Å². The molecular weight excluding hydrogens is 790 g/mol. The van der Waals surface area contributed by atoms with Gasteiger partial charge >= 0.3 is 0 Å². The van der Waals surface area contributed by atoms with E-state index in [0.29, 0.717) is 54.9 Å². The molecule has 4 aromatic heterocycles. The van der Waals surface area contributed by atoms with Crippen molar-refractivity contribution in [2.75, 3.05) is 36.8 Å². The van der Waals surface area contributed by atoms with Gasteiger partial charge in [-0.3, -0.25) is 9.80 Å². The number of nitrogens with one attached hydrogen (secondary N) is 2. The Morgan fingerprint density at radius 2 is 1.25 bits per heavy atom. The normalized spacial score (nSPS) is 20.6. The van der Waals surface area contributed by atoms with Gasteiger partial charge in [-0.2, -0.15) is 10.5 Å². The number of nitrogens with zero attached hydrogens (tertiary/aromatic N) is 8. The quantitative estimate of drug-likeness (QED) is 0.137. The number of hydrogen-bond acceptors (Lipinski definition) is 12. The Hall–Kier alpha value is -5.19. The Labute approximate surface area is 364 Å². The number of halogens is 3. The molecule has 8 rings (SSSR count). The van der Waals surface area contributed by atoms with Gasteiger partial charge in [0.15, 0.2) is 2.82 Å². The van der Waals surface area contributed by atoms with Crippen LogP contribution in [0.25, 0.3) is 20.4 Å². The Kier molecular flexibility index (Phi) is 9.82. The number of aromatic nitrogens is 4. The van der Waals surface area contributed by atoms with Gasteiger partial charge in [0.1, 0.15) is 63.5 Å². The summed E-state index contributed by atoms with van der Waals surface area (Å²) in [5.41, 5.74) is -0.0710. The van der Waals surface area contributed by atoms with Crippen LogP contribution in [0.1, 0.15) is 108 Å². The van der Waals surface area contributed by atoms with Gasteiger partial charge in [-0.25, -0.2) is 33.1 Å². The van der Waals surface area contributed by atoms with Crippen molar-refractivity contribution in [2.45, 2.75) is 90.2 Å². The van der Waals surface area contributed by atoms with Crippen molar-refractivity contribution in [2.24, 2.45) is 0 Å². The lowest BCUT2D eigenvalue weighted by atomic mass is 10.0. The van der Waals surface area contributed by atoms with Gasteiger partial charge in [0.25, 0.3) is 0 Å². The van der Waals surface area contributed by atoms with Gasteiger partial charge in [0.05, 0.1) is 27.4 Å². The summed E-state index contributed by atoms with van der Waals surface area (Å²) in [7, 11) is 0. The van der Waals surface area contributed by atoms with Gasteiger partial charge < -0.3 is 10.6 Å². The largest absolute Gasteiger partial charge is 0.367 e. The minimum Gasteiger partial charge on any atom is -0.367 e. The highest BCUT2D eigenvalue weighted by molar-refractivity contribution is 7.19. The molecule has 6 aromatic rings. The lowest BCUT2D eigenvalue weighted by molar-refractivity contribution is 0.208. The number of anilines is 2. The van der Waals surface area contributed by atoms with Crippen LogP contribution in [0.3, 0.4) is 0 Å². The maximum Gasteiger partial charge on any atom is 0.162 e. The van der Waals surface area contributed by atoms with Crippen molar-refractivity contribution in [1.82, 2.24) is 29.7 Å². The molecule has 0 amide bonds. The SMILES string of the molecule is [2H]c1c(C([2H])(C)C)sc2ncnc(N([2H])C3([2H])CCN(C([2H])c4cc(C#N)c(F)cc4F)CC3)c12.[2H]c1c(C([2H])(C)C)sc2ncnc(N([2H])C3([2H])CCN(C([2H])c4ccc(F)c(C#N)c4)CC3)c12. The Bertz CT molecular complexity index is 2970. The molecular formula is C44H47F3N10S2. The van der Waals surface area contributed by atoms with Crippen molar-refractivity contribution in [1.29, 1.82) is 10.5 Å². The van der Waals surface area contributed by atoms with Crippen molar-refractivity contribution in [3.05, 3.63) is 105 Å². The number of piperidine rings is 2. The number of thiophene rings is 2. The maximum atomic E-state index is 14.3. The van der Waals surface area contributed by atoms with Gasteiger partial charge in [0.2, 0.25) is 0 Å². The number of nitriles is 2. The van der Waals surface area contributed by atoms with Gasteiger partial charge in [-0.1, -0.05) is 33.8 Å². The molecule has 0 saturated carbocycles. The van der Waals surface area contributed by atoms with Crippen molar-refractivity contribution in [3.63, 3.8) is 0 Å². The van der Waals surface area contributed by atoms with E-state index in [2.05, 4.69) is 19.9 Å². The Morgan fingerprint density at radius 1 is 0.763 bits per heavy atom. The zero-order valence-corrected chi connectivity index (χ0v) is 34.4. The van der Waals surface area contributed by atoms with Crippen LogP contribution in [0, 0.1) is 40.1 Å². The highest BCUT2D eigenvalue weighted by Crippen LogP contribution is 2.35. The first-order valence-electron chi connectivity index (χ1n) is 23.9. The second-order valence-corrected chi connectivity index (χ2v) is 16.4. The molecule has 0 spiro atoms. The van der Waals surface area contributed by atoms with Crippen molar-refractivity contribution < 1.29 is 27.0 Å². The van der Waals surface area contributed by atoms with E-state index in [1.165, 1.54) is 53.5 Å². The average Bonchev–Trinajstić information content (AvgIpc) is 3.86. The standard InChI is InChI=1S/C22H23F2N5S.C22H24FN5S/c1-13(2)20-8-17-21(26-12-27-22(17)30-20)28-16-3-5-29(6-4-16)11-15-7-14(10-25)18(23)9-19(15)24;1-14(2)20-10-18-21(25-13-26-22(18)29-20)27-17-5-7-28(8-6-17)12-15-3-4-19(23)16(9-15)11-24/h7-9,12-13,16H,3-6,11H2,1-2H3,(H,26,27,28);3-4,9-10,13-14,17H,5-8,12H2,1-2H3,(H,25,26,27)/i8D,11D,13D,16D;10D,12D,14D,17D/hD2. The molecule has 2 aromatic carbocycles. The summed E-state index contributed by atoms with van der Waals surface area (Å²) in [6.45, 7) is 5.78. The molecule has 6 heterocycles. The molecule has 306 valence electrons. The van der Waals surface area contributed by atoms with Gasteiger partial charge in [0, 0.05) is 78.1 Å². The lowest BCUT2D eigenvalue weighted by Gasteiger charge is -2.32. The summed E-state index contributed by atoms with van der Waals surface area (Å²) in [4.78, 5) is 22.3. The third kappa shape index (κ3) is 10.2. The topological polar surface area (TPSA) is 130 Å². The molecule has 2 aliphatic rings. The molecule has 2 atom stereocenters. The van der Waals surface area contributed by atoms with E-state index < -0.39 is 54.3 Å². The summed E-state index contributed by atoms with van der Waals surface area (Å²) < 4.78 is 128. The number of benzene rings is 2. The number of likely N-dealkylation sites (tertiary alicyclic amines) is 2. The summed E-state index contributed by atoms with van der Waals surface area (Å²) in [6, 6.07) is 6.57. The third-order valence-corrected chi connectivity index (χ3v) is 12.1. The molecule has 0 aliphatic carbocycles. The van der Waals surface area contributed by atoms with E-state index >= 15 is 0 Å². The van der Waals surface area contributed by atoms with Crippen LogP contribution in [-0.4, -0.2) is 68.0 Å². The number of fused-ring (bicyclic) bond motifs is 2. The van der Waals surface area contributed by atoms with Crippen LogP contribution in [0.4, 0.5) is 24.8 Å². The zero-order valence-electron chi connectivity index (χ0n) is 42.8.